The average Bonchev–Trinajstić information content (AvgIpc) is 2.48. The Hall–Kier alpha value is -2.10. The molecule has 4 nitrogen and oxygen atoms in total. The molecule has 0 radical (unpaired) electrons. The van der Waals surface area contributed by atoms with E-state index >= 15 is 0 Å². The van der Waals surface area contributed by atoms with Gasteiger partial charge in [-0.25, -0.2) is 4.98 Å². The summed E-state index contributed by atoms with van der Waals surface area (Å²) in [5, 5.41) is 3.32. The molecule has 0 aliphatic carbocycles. The van der Waals surface area contributed by atoms with Crippen LogP contribution in [0.1, 0.15) is 19.0 Å². The molecular weight excluding hydrogens is 248 g/mol. The van der Waals surface area contributed by atoms with Crippen molar-refractivity contribution in [2.45, 2.75) is 20.3 Å². The lowest BCUT2D eigenvalue weighted by Crippen LogP contribution is -2.25. The molecule has 20 heavy (non-hydrogen) atoms. The zero-order chi connectivity index (χ0) is 14.2. The summed E-state index contributed by atoms with van der Waals surface area (Å²) < 4.78 is 0. The maximum Gasteiger partial charge on any atom is 0.144 e. The Labute approximate surface area is 120 Å². The van der Waals surface area contributed by atoms with Crippen LogP contribution in [0.4, 0.5) is 11.5 Å². The van der Waals surface area contributed by atoms with Gasteiger partial charge in [0.05, 0.1) is 11.9 Å². The molecule has 1 N–H and O–H groups in total. The topological polar surface area (TPSA) is 41.0 Å². The van der Waals surface area contributed by atoms with Gasteiger partial charge < -0.3 is 10.2 Å². The van der Waals surface area contributed by atoms with Crippen molar-refractivity contribution in [1.29, 1.82) is 0 Å². The fourth-order valence-electron chi connectivity index (χ4n) is 2.14. The first-order valence-corrected chi connectivity index (χ1v) is 7.12. The van der Waals surface area contributed by atoms with E-state index < -0.39 is 0 Å². The monoisotopic (exact) mass is 270 g/mol. The average molecular weight is 270 g/mol. The Kier molecular flexibility index (Phi) is 5.35. The second kappa shape index (κ2) is 7.48. The van der Waals surface area contributed by atoms with Crippen LogP contribution in [0, 0.1) is 6.92 Å². The lowest BCUT2D eigenvalue weighted by Gasteiger charge is -2.23. The van der Waals surface area contributed by atoms with Crippen molar-refractivity contribution in [2.24, 2.45) is 0 Å². The molecule has 0 bridgehead atoms. The van der Waals surface area contributed by atoms with Gasteiger partial charge in [0.1, 0.15) is 5.82 Å². The van der Waals surface area contributed by atoms with Gasteiger partial charge in [0.2, 0.25) is 0 Å². The van der Waals surface area contributed by atoms with Crippen molar-refractivity contribution in [3.63, 3.8) is 0 Å². The highest BCUT2D eigenvalue weighted by molar-refractivity contribution is 5.45. The van der Waals surface area contributed by atoms with Crippen LogP contribution >= 0.6 is 0 Å². The SMILES string of the molecule is CCN(CCCNc1cncc(C)n1)c1ccccc1. The summed E-state index contributed by atoms with van der Waals surface area (Å²) in [4.78, 5) is 10.9. The summed E-state index contributed by atoms with van der Waals surface area (Å²) in [5.74, 6) is 0.854. The van der Waals surface area contributed by atoms with Crippen molar-refractivity contribution in [1.82, 2.24) is 9.97 Å². The third-order valence-electron chi connectivity index (χ3n) is 3.17. The van der Waals surface area contributed by atoms with Crippen LogP contribution in [0.2, 0.25) is 0 Å². The fraction of sp³-hybridized carbons (Fsp3) is 0.375. The highest BCUT2D eigenvalue weighted by atomic mass is 15.1. The van der Waals surface area contributed by atoms with Crippen molar-refractivity contribution < 1.29 is 0 Å². The Morgan fingerprint density at radius 3 is 2.65 bits per heavy atom. The zero-order valence-corrected chi connectivity index (χ0v) is 12.2. The number of hydrogen-bond donors (Lipinski definition) is 1. The lowest BCUT2D eigenvalue weighted by atomic mass is 10.2. The van der Waals surface area contributed by atoms with Gasteiger partial charge in [-0.1, -0.05) is 18.2 Å². The highest BCUT2D eigenvalue weighted by Gasteiger charge is 2.02. The lowest BCUT2D eigenvalue weighted by molar-refractivity contribution is 0.767. The van der Waals surface area contributed by atoms with Gasteiger partial charge in [0.25, 0.3) is 0 Å². The first-order chi connectivity index (χ1) is 9.79. The molecule has 2 rings (SSSR count). The molecular formula is C16H22N4. The number of aryl methyl sites for hydroxylation is 1. The third kappa shape index (κ3) is 4.23. The number of aromatic nitrogens is 2. The van der Waals surface area contributed by atoms with Crippen molar-refractivity contribution >= 4 is 11.5 Å². The second-order valence-corrected chi connectivity index (χ2v) is 4.74. The molecule has 0 aliphatic rings. The van der Waals surface area contributed by atoms with Crippen LogP contribution in [-0.2, 0) is 0 Å². The van der Waals surface area contributed by atoms with Gasteiger partial charge in [-0.2, -0.15) is 0 Å². The van der Waals surface area contributed by atoms with E-state index in [1.165, 1.54) is 5.69 Å². The molecule has 0 atom stereocenters. The Bertz CT molecular complexity index is 513. The van der Waals surface area contributed by atoms with Crippen LogP contribution in [0.25, 0.3) is 0 Å². The normalized spacial score (nSPS) is 10.3. The summed E-state index contributed by atoms with van der Waals surface area (Å²) in [6, 6.07) is 10.5. The fourth-order valence-corrected chi connectivity index (χ4v) is 2.14. The molecule has 0 fully saturated rings. The summed E-state index contributed by atoms with van der Waals surface area (Å²) >= 11 is 0. The van der Waals surface area contributed by atoms with Crippen LogP contribution in [0.5, 0.6) is 0 Å². The predicted octanol–water partition coefficient (Wildman–Crippen LogP) is 3.11. The summed E-state index contributed by atoms with van der Waals surface area (Å²) in [6.07, 6.45) is 4.60. The zero-order valence-electron chi connectivity index (χ0n) is 12.2. The molecule has 2 aromatic rings. The van der Waals surface area contributed by atoms with Gasteiger partial charge in [-0.3, -0.25) is 4.98 Å². The van der Waals surface area contributed by atoms with E-state index in [2.05, 4.69) is 57.4 Å². The maximum atomic E-state index is 4.38. The second-order valence-electron chi connectivity index (χ2n) is 4.74. The highest BCUT2D eigenvalue weighted by Crippen LogP contribution is 2.13. The summed E-state index contributed by atoms with van der Waals surface area (Å²) in [6.45, 7) is 7.10. The molecule has 0 saturated carbocycles. The number of benzene rings is 1. The predicted molar refractivity (Wildman–Crippen MR) is 84.2 cm³/mol. The molecule has 4 heteroatoms. The molecule has 1 heterocycles. The minimum absolute atomic E-state index is 0.854. The number of hydrogen-bond acceptors (Lipinski definition) is 4. The Balaban J connectivity index is 1.77. The minimum Gasteiger partial charge on any atom is -0.372 e. The third-order valence-corrected chi connectivity index (χ3v) is 3.17. The van der Waals surface area contributed by atoms with Crippen LogP contribution in [0.3, 0.4) is 0 Å². The molecule has 0 unspecified atom stereocenters. The number of nitrogens with one attached hydrogen (secondary N) is 1. The van der Waals surface area contributed by atoms with E-state index in [0.29, 0.717) is 0 Å². The first kappa shape index (κ1) is 14.3. The van der Waals surface area contributed by atoms with Crippen molar-refractivity contribution in [3.8, 4) is 0 Å². The van der Waals surface area contributed by atoms with Gasteiger partial charge in [-0.05, 0) is 32.4 Å². The summed E-state index contributed by atoms with van der Waals surface area (Å²) in [7, 11) is 0. The Morgan fingerprint density at radius 2 is 1.95 bits per heavy atom. The van der Waals surface area contributed by atoms with Gasteiger partial charge in [-0.15, -0.1) is 0 Å². The van der Waals surface area contributed by atoms with E-state index in [0.717, 1.165) is 37.6 Å². The van der Waals surface area contributed by atoms with Crippen molar-refractivity contribution in [2.75, 3.05) is 29.9 Å². The molecule has 0 amide bonds. The molecule has 106 valence electrons. The Morgan fingerprint density at radius 1 is 1.15 bits per heavy atom. The van der Waals surface area contributed by atoms with Crippen molar-refractivity contribution in [3.05, 3.63) is 48.4 Å². The van der Waals surface area contributed by atoms with Crippen LogP contribution in [0.15, 0.2) is 42.7 Å². The molecule has 0 saturated heterocycles. The van der Waals surface area contributed by atoms with Gasteiger partial charge >= 0.3 is 0 Å². The number of para-hydroxylation sites is 1. The van der Waals surface area contributed by atoms with E-state index in [1.807, 2.05) is 6.92 Å². The van der Waals surface area contributed by atoms with Crippen LogP contribution in [-0.4, -0.2) is 29.6 Å². The summed E-state index contributed by atoms with van der Waals surface area (Å²) in [5.41, 5.74) is 2.22. The molecule has 0 aliphatic heterocycles. The quantitative estimate of drug-likeness (QED) is 0.785. The number of anilines is 2. The van der Waals surface area contributed by atoms with E-state index in [1.54, 1.807) is 12.4 Å². The van der Waals surface area contributed by atoms with E-state index in [-0.39, 0.29) is 0 Å². The minimum atomic E-state index is 0.854. The van der Waals surface area contributed by atoms with E-state index in [9.17, 15) is 0 Å². The first-order valence-electron chi connectivity index (χ1n) is 7.12. The number of nitrogens with zero attached hydrogens (tertiary/aromatic N) is 3. The molecule has 0 spiro atoms. The smallest absolute Gasteiger partial charge is 0.144 e. The van der Waals surface area contributed by atoms with Gasteiger partial charge in [0.15, 0.2) is 0 Å². The largest absolute Gasteiger partial charge is 0.372 e. The van der Waals surface area contributed by atoms with Gasteiger partial charge in [0, 0.05) is 31.5 Å². The molecule has 1 aromatic heterocycles. The molecule has 1 aromatic carbocycles. The van der Waals surface area contributed by atoms with E-state index in [4.69, 9.17) is 0 Å². The van der Waals surface area contributed by atoms with Crippen LogP contribution < -0.4 is 10.2 Å². The maximum absolute atomic E-state index is 4.38. The number of rotatable bonds is 7. The standard InChI is InChI=1S/C16H22N4/c1-3-20(15-8-5-4-6-9-15)11-7-10-18-16-13-17-12-14(2)19-16/h4-6,8-9,12-13H,3,7,10-11H2,1-2H3,(H,18,19).